The van der Waals surface area contributed by atoms with Crippen LogP contribution in [0, 0.1) is 0 Å². The molecular weight excluding hydrogens is 254 g/mol. The van der Waals surface area contributed by atoms with Gasteiger partial charge in [-0.15, -0.1) is 11.8 Å². The van der Waals surface area contributed by atoms with E-state index in [1.54, 1.807) is 0 Å². The second kappa shape index (κ2) is 6.78. The number of thioether (sulfide) groups is 1. The van der Waals surface area contributed by atoms with Gasteiger partial charge in [-0.1, -0.05) is 12.1 Å². The van der Waals surface area contributed by atoms with Crippen molar-refractivity contribution in [2.45, 2.75) is 55.8 Å². The Bertz CT molecular complexity index is 377. The number of rotatable bonds is 4. The first-order chi connectivity index (χ1) is 9.03. The van der Waals surface area contributed by atoms with Gasteiger partial charge in [-0.25, -0.2) is 0 Å². The highest BCUT2D eigenvalue weighted by Gasteiger charge is 2.15. The van der Waals surface area contributed by atoms with Crippen molar-refractivity contribution in [2.75, 3.05) is 13.2 Å². The summed E-state index contributed by atoms with van der Waals surface area (Å²) in [5, 5.41) is 4.24. The molecule has 19 heavy (non-hydrogen) atoms. The van der Waals surface area contributed by atoms with Gasteiger partial charge in [-0.2, -0.15) is 0 Å². The van der Waals surface area contributed by atoms with E-state index in [2.05, 4.69) is 50.4 Å². The Kier molecular flexibility index (Phi) is 5.31. The lowest BCUT2D eigenvalue weighted by molar-refractivity contribution is 0.100. The summed E-state index contributed by atoms with van der Waals surface area (Å²) >= 11 is 2.00. The number of hydrogen-bond acceptors (Lipinski definition) is 3. The Morgan fingerprint density at radius 1 is 1.16 bits per heavy atom. The average molecular weight is 279 g/mol. The van der Waals surface area contributed by atoms with Crippen molar-refractivity contribution < 1.29 is 4.74 Å². The summed E-state index contributed by atoms with van der Waals surface area (Å²) in [6, 6.07) is 8.97. The molecule has 0 amide bonds. The lowest BCUT2D eigenvalue weighted by atomic mass is 10.1. The van der Waals surface area contributed by atoms with Crippen LogP contribution in [0.3, 0.4) is 0 Å². The summed E-state index contributed by atoms with van der Waals surface area (Å²) in [6.45, 7) is 9.37. The predicted octanol–water partition coefficient (Wildman–Crippen LogP) is 3.85. The molecule has 0 radical (unpaired) electrons. The van der Waals surface area contributed by atoms with Crippen molar-refractivity contribution in [3.8, 4) is 0 Å². The molecule has 1 N–H and O–H groups in total. The van der Waals surface area contributed by atoms with E-state index in [9.17, 15) is 0 Å². The maximum atomic E-state index is 5.40. The zero-order valence-electron chi connectivity index (χ0n) is 12.2. The standard InChI is InChI=1S/C16H25NOS/c1-16(2,3)17-12-13-4-6-14(7-5-13)19-15-8-10-18-11-9-15/h4-7,15,17H,8-12H2,1-3H3. The summed E-state index contributed by atoms with van der Waals surface area (Å²) in [6.07, 6.45) is 2.36. The van der Waals surface area contributed by atoms with E-state index in [1.165, 1.54) is 23.3 Å². The zero-order chi connectivity index (χ0) is 13.7. The van der Waals surface area contributed by atoms with E-state index in [4.69, 9.17) is 4.74 Å². The van der Waals surface area contributed by atoms with Gasteiger partial charge in [0.2, 0.25) is 0 Å². The Balaban J connectivity index is 1.83. The predicted molar refractivity (Wildman–Crippen MR) is 82.7 cm³/mol. The van der Waals surface area contributed by atoms with Crippen molar-refractivity contribution in [1.29, 1.82) is 0 Å². The minimum atomic E-state index is 0.176. The van der Waals surface area contributed by atoms with E-state index >= 15 is 0 Å². The van der Waals surface area contributed by atoms with Crippen molar-refractivity contribution in [1.82, 2.24) is 5.32 Å². The molecule has 2 rings (SSSR count). The molecule has 1 aromatic rings. The fourth-order valence-corrected chi connectivity index (χ4v) is 3.15. The third-order valence-corrected chi connectivity index (χ3v) is 4.57. The van der Waals surface area contributed by atoms with E-state index < -0.39 is 0 Å². The van der Waals surface area contributed by atoms with Crippen LogP contribution in [0.4, 0.5) is 0 Å². The molecule has 0 unspecified atom stereocenters. The fourth-order valence-electron chi connectivity index (χ4n) is 2.04. The van der Waals surface area contributed by atoms with Crippen LogP contribution in [0.25, 0.3) is 0 Å². The second-order valence-electron chi connectivity index (χ2n) is 6.18. The summed E-state index contributed by atoms with van der Waals surface area (Å²) in [4.78, 5) is 1.38. The molecular formula is C16H25NOS. The van der Waals surface area contributed by atoms with E-state index in [1.807, 2.05) is 11.8 Å². The molecule has 1 fully saturated rings. The van der Waals surface area contributed by atoms with Crippen LogP contribution in [-0.4, -0.2) is 24.0 Å². The minimum Gasteiger partial charge on any atom is -0.381 e. The Hall–Kier alpha value is -0.510. The largest absolute Gasteiger partial charge is 0.381 e. The summed E-state index contributed by atoms with van der Waals surface area (Å²) < 4.78 is 5.40. The average Bonchev–Trinajstić information content (AvgIpc) is 2.38. The van der Waals surface area contributed by atoms with Crippen molar-refractivity contribution in [3.05, 3.63) is 29.8 Å². The van der Waals surface area contributed by atoms with Gasteiger partial charge in [-0.05, 0) is 51.3 Å². The van der Waals surface area contributed by atoms with Gasteiger partial charge in [0.25, 0.3) is 0 Å². The lowest BCUT2D eigenvalue weighted by Gasteiger charge is -2.22. The third-order valence-electron chi connectivity index (χ3n) is 3.22. The zero-order valence-corrected chi connectivity index (χ0v) is 13.1. The topological polar surface area (TPSA) is 21.3 Å². The molecule has 1 heterocycles. The van der Waals surface area contributed by atoms with Gasteiger partial charge >= 0.3 is 0 Å². The normalized spacial score (nSPS) is 17.6. The van der Waals surface area contributed by atoms with Crippen molar-refractivity contribution in [2.24, 2.45) is 0 Å². The van der Waals surface area contributed by atoms with E-state index in [0.717, 1.165) is 25.0 Å². The number of hydrogen-bond donors (Lipinski definition) is 1. The molecule has 0 spiro atoms. The van der Waals surface area contributed by atoms with Crippen LogP contribution in [0.1, 0.15) is 39.2 Å². The molecule has 106 valence electrons. The highest BCUT2D eigenvalue weighted by molar-refractivity contribution is 8.00. The minimum absolute atomic E-state index is 0.176. The SMILES string of the molecule is CC(C)(C)NCc1ccc(SC2CCOCC2)cc1. The highest BCUT2D eigenvalue weighted by atomic mass is 32.2. The van der Waals surface area contributed by atoms with Crippen LogP contribution >= 0.6 is 11.8 Å². The first-order valence-corrected chi connectivity index (χ1v) is 7.99. The molecule has 0 aliphatic carbocycles. The Labute approximate surface area is 121 Å². The first-order valence-electron chi connectivity index (χ1n) is 7.11. The maximum Gasteiger partial charge on any atom is 0.0476 e. The van der Waals surface area contributed by atoms with Gasteiger partial charge in [-0.3, -0.25) is 0 Å². The molecule has 1 aromatic carbocycles. The van der Waals surface area contributed by atoms with Crippen LogP contribution in [-0.2, 0) is 11.3 Å². The number of nitrogens with one attached hydrogen (secondary N) is 1. The molecule has 0 atom stereocenters. The summed E-state index contributed by atoms with van der Waals surface area (Å²) in [5.74, 6) is 0. The summed E-state index contributed by atoms with van der Waals surface area (Å²) in [7, 11) is 0. The van der Waals surface area contributed by atoms with Gasteiger partial charge in [0, 0.05) is 35.4 Å². The number of benzene rings is 1. The third kappa shape index (κ3) is 5.55. The molecule has 0 saturated carbocycles. The molecule has 1 saturated heterocycles. The Morgan fingerprint density at radius 3 is 2.37 bits per heavy atom. The molecule has 1 aliphatic heterocycles. The Morgan fingerprint density at radius 2 is 1.79 bits per heavy atom. The van der Waals surface area contributed by atoms with Crippen LogP contribution < -0.4 is 5.32 Å². The van der Waals surface area contributed by atoms with Crippen molar-refractivity contribution >= 4 is 11.8 Å². The van der Waals surface area contributed by atoms with E-state index in [-0.39, 0.29) is 5.54 Å². The van der Waals surface area contributed by atoms with Crippen molar-refractivity contribution in [3.63, 3.8) is 0 Å². The quantitative estimate of drug-likeness (QED) is 0.904. The summed E-state index contributed by atoms with van der Waals surface area (Å²) in [5.41, 5.74) is 1.53. The maximum absolute atomic E-state index is 5.40. The van der Waals surface area contributed by atoms with Gasteiger partial charge in [0.1, 0.15) is 0 Å². The monoisotopic (exact) mass is 279 g/mol. The second-order valence-corrected chi connectivity index (χ2v) is 7.55. The van der Waals surface area contributed by atoms with Gasteiger partial charge in [0.15, 0.2) is 0 Å². The lowest BCUT2D eigenvalue weighted by Crippen LogP contribution is -2.35. The van der Waals surface area contributed by atoms with Gasteiger partial charge in [0.05, 0.1) is 0 Å². The van der Waals surface area contributed by atoms with Gasteiger partial charge < -0.3 is 10.1 Å². The highest BCUT2D eigenvalue weighted by Crippen LogP contribution is 2.29. The molecule has 0 bridgehead atoms. The smallest absolute Gasteiger partial charge is 0.0476 e. The van der Waals surface area contributed by atoms with Crippen LogP contribution in [0.15, 0.2) is 29.2 Å². The molecule has 3 heteroatoms. The molecule has 1 aliphatic rings. The molecule has 2 nitrogen and oxygen atoms in total. The fraction of sp³-hybridized carbons (Fsp3) is 0.625. The first kappa shape index (κ1) is 14.9. The van der Waals surface area contributed by atoms with Crippen LogP contribution in [0.5, 0.6) is 0 Å². The number of ether oxygens (including phenoxy) is 1. The van der Waals surface area contributed by atoms with E-state index in [0.29, 0.717) is 0 Å². The molecule has 0 aromatic heterocycles. The van der Waals surface area contributed by atoms with Crippen LogP contribution in [0.2, 0.25) is 0 Å².